The molecule has 1 rings (SSSR count). The van der Waals surface area contributed by atoms with Crippen LogP contribution in [0.15, 0.2) is 0 Å². The van der Waals surface area contributed by atoms with E-state index in [9.17, 15) is 0 Å². The average molecular weight is 142 g/mol. The van der Waals surface area contributed by atoms with E-state index in [0.717, 1.165) is 6.54 Å². The molecule has 0 spiro atoms. The topological polar surface area (TPSA) is 29.3 Å². The smallest absolute Gasteiger partial charge is 0.00332 e. The van der Waals surface area contributed by atoms with Crippen LogP contribution in [0.5, 0.6) is 0 Å². The summed E-state index contributed by atoms with van der Waals surface area (Å²) in [6.45, 7) is 5.65. The summed E-state index contributed by atoms with van der Waals surface area (Å²) in [7, 11) is 2.18. The third-order valence-corrected chi connectivity index (χ3v) is 2.50. The van der Waals surface area contributed by atoms with Gasteiger partial charge in [-0.2, -0.15) is 0 Å². The van der Waals surface area contributed by atoms with Gasteiger partial charge in [-0.25, -0.2) is 0 Å². The van der Waals surface area contributed by atoms with Crippen LogP contribution in [0.4, 0.5) is 0 Å². The van der Waals surface area contributed by atoms with Crippen LogP contribution in [0, 0.1) is 5.41 Å². The Morgan fingerprint density at radius 2 is 2.30 bits per heavy atom. The Kier molecular flexibility index (Phi) is 2.32. The Hall–Kier alpha value is -0.0800. The second-order valence-corrected chi connectivity index (χ2v) is 3.84. The summed E-state index contributed by atoms with van der Waals surface area (Å²) >= 11 is 0. The summed E-state index contributed by atoms with van der Waals surface area (Å²) in [4.78, 5) is 2.38. The molecule has 0 aliphatic carbocycles. The third-order valence-electron chi connectivity index (χ3n) is 2.50. The highest BCUT2D eigenvalue weighted by Gasteiger charge is 2.30. The van der Waals surface area contributed by atoms with Crippen molar-refractivity contribution in [2.24, 2.45) is 11.1 Å². The van der Waals surface area contributed by atoms with Crippen LogP contribution < -0.4 is 5.73 Å². The van der Waals surface area contributed by atoms with Gasteiger partial charge >= 0.3 is 0 Å². The van der Waals surface area contributed by atoms with Crippen LogP contribution in [-0.2, 0) is 0 Å². The second-order valence-electron chi connectivity index (χ2n) is 3.84. The number of likely N-dealkylation sites (tertiary alicyclic amines) is 1. The zero-order valence-corrected chi connectivity index (χ0v) is 7.06. The first kappa shape index (κ1) is 8.02. The Balaban J connectivity index is 2.38. The van der Waals surface area contributed by atoms with Crippen molar-refractivity contribution in [2.45, 2.75) is 19.8 Å². The molecule has 0 aromatic heterocycles. The molecule has 1 saturated heterocycles. The number of nitrogens with two attached hydrogens (primary N) is 1. The van der Waals surface area contributed by atoms with Gasteiger partial charge in [-0.3, -0.25) is 0 Å². The van der Waals surface area contributed by atoms with Crippen molar-refractivity contribution in [3.8, 4) is 0 Å². The van der Waals surface area contributed by atoms with Crippen molar-refractivity contribution in [3.05, 3.63) is 0 Å². The minimum atomic E-state index is 0.517. The van der Waals surface area contributed by atoms with Crippen LogP contribution in [0.2, 0.25) is 0 Å². The second kappa shape index (κ2) is 2.89. The van der Waals surface area contributed by atoms with E-state index in [4.69, 9.17) is 5.73 Å². The Bertz CT molecular complexity index is 110. The lowest BCUT2D eigenvalue weighted by molar-refractivity contribution is 0.294. The van der Waals surface area contributed by atoms with Crippen molar-refractivity contribution in [2.75, 3.05) is 26.7 Å². The molecular formula is C8H18N2. The van der Waals surface area contributed by atoms with Gasteiger partial charge in [0, 0.05) is 6.54 Å². The van der Waals surface area contributed by atoms with Gasteiger partial charge in [0.15, 0.2) is 0 Å². The fourth-order valence-electron chi connectivity index (χ4n) is 1.82. The fraction of sp³-hybridized carbons (Fsp3) is 1.00. The molecule has 0 bridgehead atoms. The molecule has 2 heteroatoms. The first-order chi connectivity index (χ1) is 4.66. The monoisotopic (exact) mass is 142 g/mol. The molecule has 0 aromatic carbocycles. The summed E-state index contributed by atoms with van der Waals surface area (Å²) in [6.07, 6.45) is 2.50. The van der Waals surface area contributed by atoms with E-state index in [1.165, 1.54) is 25.9 Å². The zero-order chi connectivity index (χ0) is 7.61. The van der Waals surface area contributed by atoms with Crippen molar-refractivity contribution >= 4 is 0 Å². The summed E-state index contributed by atoms with van der Waals surface area (Å²) < 4.78 is 0. The van der Waals surface area contributed by atoms with E-state index in [1.807, 2.05) is 0 Å². The first-order valence-corrected chi connectivity index (χ1v) is 4.05. The highest BCUT2D eigenvalue weighted by molar-refractivity contribution is 4.84. The van der Waals surface area contributed by atoms with E-state index in [1.54, 1.807) is 0 Å². The van der Waals surface area contributed by atoms with Gasteiger partial charge < -0.3 is 10.6 Å². The Morgan fingerprint density at radius 1 is 1.60 bits per heavy atom. The van der Waals surface area contributed by atoms with Gasteiger partial charge in [0.05, 0.1) is 0 Å². The third kappa shape index (κ3) is 1.70. The lowest BCUT2D eigenvalue weighted by Gasteiger charge is -2.22. The number of hydrogen-bond donors (Lipinski definition) is 1. The zero-order valence-electron chi connectivity index (χ0n) is 7.06. The molecule has 0 amide bonds. The standard InChI is InChI=1S/C8H18N2/c1-8(3-5-9)4-6-10(2)7-8/h3-7,9H2,1-2H3. The largest absolute Gasteiger partial charge is 0.330 e. The van der Waals surface area contributed by atoms with E-state index in [2.05, 4.69) is 18.9 Å². The maximum Gasteiger partial charge on any atom is 0.00332 e. The van der Waals surface area contributed by atoms with Crippen LogP contribution in [-0.4, -0.2) is 31.6 Å². The van der Waals surface area contributed by atoms with Gasteiger partial charge in [-0.15, -0.1) is 0 Å². The molecule has 1 atom stereocenters. The van der Waals surface area contributed by atoms with Gasteiger partial charge in [0.1, 0.15) is 0 Å². The maximum atomic E-state index is 5.52. The van der Waals surface area contributed by atoms with Crippen molar-refractivity contribution in [1.29, 1.82) is 0 Å². The molecular weight excluding hydrogens is 124 g/mol. The Labute approximate surface area is 63.4 Å². The van der Waals surface area contributed by atoms with E-state index in [-0.39, 0.29) is 0 Å². The van der Waals surface area contributed by atoms with Gasteiger partial charge in [0.2, 0.25) is 0 Å². The molecule has 1 fully saturated rings. The lowest BCUT2D eigenvalue weighted by Crippen LogP contribution is -2.24. The number of rotatable bonds is 2. The predicted molar refractivity (Wildman–Crippen MR) is 43.9 cm³/mol. The van der Waals surface area contributed by atoms with Gasteiger partial charge in [0.25, 0.3) is 0 Å². The van der Waals surface area contributed by atoms with Crippen LogP contribution in [0.3, 0.4) is 0 Å². The first-order valence-electron chi connectivity index (χ1n) is 4.05. The molecule has 60 valence electrons. The van der Waals surface area contributed by atoms with Crippen molar-refractivity contribution < 1.29 is 0 Å². The molecule has 2 N–H and O–H groups in total. The maximum absolute atomic E-state index is 5.52. The summed E-state index contributed by atoms with van der Waals surface area (Å²) in [5.74, 6) is 0. The SMILES string of the molecule is CN1CCC(C)(CCN)C1. The quantitative estimate of drug-likeness (QED) is 0.614. The van der Waals surface area contributed by atoms with Gasteiger partial charge in [-0.1, -0.05) is 6.92 Å². The highest BCUT2D eigenvalue weighted by atomic mass is 15.1. The van der Waals surface area contributed by atoms with Crippen molar-refractivity contribution in [3.63, 3.8) is 0 Å². The molecule has 2 nitrogen and oxygen atoms in total. The van der Waals surface area contributed by atoms with E-state index in [0.29, 0.717) is 5.41 Å². The van der Waals surface area contributed by atoms with E-state index >= 15 is 0 Å². The normalized spacial score (nSPS) is 35.1. The average Bonchev–Trinajstić information content (AvgIpc) is 2.12. The summed E-state index contributed by atoms with van der Waals surface area (Å²) in [5, 5.41) is 0. The minimum absolute atomic E-state index is 0.517. The van der Waals surface area contributed by atoms with Crippen LogP contribution in [0.1, 0.15) is 19.8 Å². The molecule has 1 aliphatic heterocycles. The molecule has 0 radical (unpaired) electrons. The molecule has 1 aliphatic rings. The van der Waals surface area contributed by atoms with Crippen molar-refractivity contribution in [1.82, 2.24) is 4.90 Å². The molecule has 1 unspecified atom stereocenters. The molecule has 0 saturated carbocycles. The number of hydrogen-bond acceptors (Lipinski definition) is 2. The Morgan fingerprint density at radius 3 is 2.70 bits per heavy atom. The van der Waals surface area contributed by atoms with Gasteiger partial charge in [-0.05, 0) is 38.4 Å². The van der Waals surface area contributed by atoms with E-state index < -0.39 is 0 Å². The molecule has 10 heavy (non-hydrogen) atoms. The predicted octanol–water partition coefficient (Wildman–Crippen LogP) is 0.677. The highest BCUT2D eigenvalue weighted by Crippen LogP contribution is 2.31. The van der Waals surface area contributed by atoms with Crippen LogP contribution >= 0.6 is 0 Å². The lowest BCUT2D eigenvalue weighted by atomic mass is 9.86. The summed E-state index contributed by atoms with van der Waals surface area (Å²) in [5.41, 5.74) is 6.04. The molecule has 0 aromatic rings. The number of nitrogens with zero attached hydrogens (tertiary/aromatic N) is 1. The summed E-state index contributed by atoms with van der Waals surface area (Å²) in [6, 6.07) is 0. The van der Waals surface area contributed by atoms with Crippen LogP contribution in [0.25, 0.3) is 0 Å². The molecule has 1 heterocycles. The fourth-order valence-corrected chi connectivity index (χ4v) is 1.82. The minimum Gasteiger partial charge on any atom is -0.330 e.